The highest BCUT2D eigenvalue weighted by Gasteiger charge is 2.45. The van der Waals surface area contributed by atoms with Crippen LogP contribution in [0.25, 0.3) is 0 Å². The van der Waals surface area contributed by atoms with Crippen molar-refractivity contribution < 1.29 is 52.7 Å². The minimum absolute atomic E-state index is 0.105. The standard InChI is InChI=1S/C63H113N11O11/c1-26-28-29-41(15)42(16)53-57(79)66-45(27-2)59(81)68(19)34-50(75)69(20)46(30-35(3)4)56(78)67-51(39(11)12)62(84)70(21)47(31-36(5)6)55(77)64-43(17)54(76)65-44(18)58(80)71(22)48(32-37(7)8)60(82)72(23)49(33-38(9)10)61(83)73(24)52(40(13)14)63(85)74(53)25/h26,28,35-49,51-53H,27,29-34H2,1-25H3,(H,64,77)(H,65,76)(H,66,79)(H,67,78)/b28-26+/t41?,42?,43-,44+,45-,46-,47-,48-,49-,51-,52+,53-/m0/s1. The maximum absolute atomic E-state index is 15.2. The highest BCUT2D eigenvalue weighted by Crippen LogP contribution is 2.28. The molecule has 1 saturated heterocycles. The summed E-state index contributed by atoms with van der Waals surface area (Å²) in [6.07, 6.45) is 5.25. The van der Waals surface area contributed by atoms with Gasteiger partial charge in [-0.15, -0.1) is 0 Å². The fourth-order valence-corrected chi connectivity index (χ4v) is 11.0. The molecule has 0 bridgehead atoms. The van der Waals surface area contributed by atoms with Crippen LogP contribution in [0, 0.1) is 47.3 Å². The third-order valence-corrected chi connectivity index (χ3v) is 16.6. The topological polar surface area (TPSA) is 259 Å². The largest absolute Gasteiger partial charge is 0.343 e. The number of nitrogens with one attached hydrogen (secondary N) is 4. The summed E-state index contributed by atoms with van der Waals surface area (Å²) in [5.74, 6) is -8.87. The van der Waals surface area contributed by atoms with Gasteiger partial charge in [-0.2, -0.15) is 0 Å². The van der Waals surface area contributed by atoms with Crippen molar-refractivity contribution in [2.45, 2.75) is 224 Å². The fourth-order valence-electron chi connectivity index (χ4n) is 11.0. The van der Waals surface area contributed by atoms with Gasteiger partial charge in [0, 0.05) is 49.3 Å². The van der Waals surface area contributed by atoms with Crippen molar-refractivity contribution in [2.75, 3.05) is 55.9 Å². The first-order chi connectivity index (χ1) is 39.2. The Labute approximate surface area is 510 Å². The smallest absolute Gasteiger partial charge is 0.246 e. The molecule has 22 heteroatoms. The second-order valence-corrected chi connectivity index (χ2v) is 26.5. The van der Waals surface area contributed by atoms with Crippen LogP contribution in [0.15, 0.2) is 12.2 Å². The number of hydrogen-bond donors (Lipinski definition) is 4. The number of amides is 11. The van der Waals surface area contributed by atoms with Crippen LogP contribution in [-0.2, 0) is 52.7 Å². The number of likely N-dealkylation sites (N-methyl/N-ethyl adjacent to an activating group) is 7. The Morgan fingerprint density at radius 1 is 0.435 bits per heavy atom. The Bertz CT molecular complexity index is 2320. The zero-order chi connectivity index (χ0) is 66.0. The van der Waals surface area contributed by atoms with Gasteiger partial charge in [0.15, 0.2) is 0 Å². The summed E-state index contributed by atoms with van der Waals surface area (Å²) < 4.78 is 0. The van der Waals surface area contributed by atoms with Gasteiger partial charge in [0.1, 0.15) is 60.4 Å². The van der Waals surface area contributed by atoms with Crippen molar-refractivity contribution in [3.8, 4) is 0 Å². The van der Waals surface area contributed by atoms with Gasteiger partial charge in [0.05, 0.1) is 6.54 Å². The summed E-state index contributed by atoms with van der Waals surface area (Å²) in [4.78, 5) is 170. The number of hydrogen-bond acceptors (Lipinski definition) is 11. The monoisotopic (exact) mass is 1200 g/mol. The molecule has 0 aromatic carbocycles. The average Bonchev–Trinajstić information content (AvgIpc) is 3.62. The summed E-state index contributed by atoms with van der Waals surface area (Å²) in [5, 5.41) is 11.2. The third-order valence-electron chi connectivity index (χ3n) is 16.6. The molecule has 1 fully saturated rings. The first-order valence-corrected chi connectivity index (χ1v) is 30.9. The van der Waals surface area contributed by atoms with E-state index in [9.17, 15) is 43.2 Å². The first kappa shape index (κ1) is 76.9. The lowest BCUT2D eigenvalue weighted by Gasteiger charge is -2.42. The van der Waals surface area contributed by atoms with Crippen LogP contribution in [0.2, 0.25) is 0 Å². The lowest BCUT2D eigenvalue weighted by atomic mass is 9.84. The van der Waals surface area contributed by atoms with Gasteiger partial charge in [-0.1, -0.05) is 116 Å². The van der Waals surface area contributed by atoms with Crippen molar-refractivity contribution >= 4 is 65.0 Å². The molecule has 12 atom stereocenters. The number of nitrogens with zero attached hydrogens (tertiary/aromatic N) is 7. The maximum Gasteiger partial charge on any atom is 0.246 e. The van der Waals surface area contributed by atoms with Gasteiger partial charge in [-0.3, -0.25) is 52.7 Å². The van der Waals surface area contributed by atoms with Crippen molar-refractivity contribution in [1.82, 2.24) is 55.6 Å². The molecule has 85 heavy (non-hydrogen) atoms. The van der Waals surface area contributed by atoms with E-state index in [2.05, 4.69) is 21.3 Å². The molecule has 0 saturated carbocycles. The summed E-state index contributed by atoms with van der Waals surface area (Å²) in [7, 11) is 10.3. The Morgan fingerprint density at radius 2 is 0.847 bits per heavy atom. The van der Waals surface area contributed by atoms with Crippen LogP contribution in [0.5, 0.6) is 0 Å². The zero-order valence-corrected chi connectivity index (χ0v) is 56.6. The van der Waals surface area contributed by atoms with Gasteiger partial charge >= 0.3 is 0 Å². The van der Waals surface area contributed by atoms with Crippen LogP contribution >= 0.6 is 0 Å². The summed E-state index contributed by atoms with van der Waals surface area (Å²) in [6.45, 7) is 32.0. The van der Waals surface area contributed by atoms with Gasteiger partial charge in [-0.25, -0.2) is 0 Å². The molecule has 4 N–H and O–H groups in total. The summed E-state index contributed by atoms with van der Waals surface area (Å²) in [5.41, 5.74) is 0. The van der Waals surface area contributed by atoms with E-state index in [1.165, 1.54) is 97.5 Å². The van der Waals surface area contributed by atoms with E-state index in [-0.39, 0.29) is 61.7 Å². The van der Waals surface area contributed by atoms with E-state index in [4.69, 9.17) is 0 Å². The molecule has 486 valence electrons. The number of carbonyl (C=O) groups excluding carboxylic acids is 11. The molecule has 0 aliphatic carbocycles. The first-order valence-electron chi connectivity index (χ1n) is 30.9. The second-order valence-electron chi connectivity index (χ2n) is 26.5. The number of allylic oxidation sites excluding steroid dienone is 2. The Morgan fingerprint density at radius 3 is 1.29 bits per heavy atom. The second kappa shape index (κ2) is 34.9. The summed E-state index contributed by atoms with van der Waals surface area (Å²) in [6, 6.07) is -11.5. The van der Waals surface area contributed by atoms with Gasteiger partial charge < -0.3 is 55.6 Å². The van der Waals surface area contributed by atoms with Crippen molar-refractivity contribution in [2.24, 2.45) is 47.3 Å². The third kappa shape index (κ3) is 21.7. The van der Waals surface area contributed by atoms with E-state index >= 15 is 9.59 Å². The van der Waals surface area contributed by atoms with Gasteiger partial charge in [-0.05, 0) is 107 Å². The molecule has 0 aromatic heterocycles. The average molecular weight is 1200 g/mol. The molecule has 1 aliphatic rings. The number of rotatable bonds is 15. The predicted octanol–water partition coefficient (Wildman–Crippen LogP) is 4.54. The SMILES string of the molecule is C/C=C/CC(C)C(C)[C@H]1C(=O)N[C@@H](CC)C(=O)N(C)CC(=O)N(C)[C@@H](CC(C)C)C(=O)N[C@@H](C(C)C)C(=O)N(C)[C@@H](CC(C)C)C(=O)N[C@@H](C)C(=O)N[C@H](C)C(=O)N(C)[C@@H](CC(C)C)C(=O)N(C)[C@@H](CC(C)C)C(=O)N(C)[C@H](C(C)C)C(=O)N1C. The molecule has 2 unspecified atom stereocenters. The molecule has 22 nitrogen and oxygen atoms in total. The lowest BCUT2D eigenvalue weighted by Crippen LogP contribution is -2.62. The van der Waals surface area contributed by atoms with Gasteiger partial charge in [0.25, 0.3) is 0 Å². The molecular formula is C63H113N11O11. The van der Waals surface area contributed by atoms with Crippen LogP contribution in [0.4, 0.5) is 0 Å². The molecule has 11 amide bonds. The highest BCUT2D eigenvalue weighted by atomic mass is 16.2. The zero-order valence-electron chi connectivity index (χ0n) is 56.6. The van der Waals surface area contributed by atoms with E-state index in [1.807, 2.05) is 88.3 Å². The maximum atomic E-state index is 15.2. The van der Waals surface area contributed by atoms with Gasteiger partial charge in [0.2, 0.25) is 65.0 Å². The van der Waals surface area contributed by atoms with Crippen LogP contribution in [0.1, 0.15) is 163 Å². The van der Waals surface area contributed by atoms with Crippen LogP contribution in [-0.4, -0.2) is 216 Å². The molecule has 1 heterocycles. The van der Waals surface area contributed by atoms with Crippen LogP contribution in [0.3, 0.4) is 0 Å². The van der Waals surface area contributed by atoms with Crippen molar-refractivity contribution in [3.63, 3.8) is 0 Å². The van der Waals surface area contributed by atoms with E-state index < -0.39 is 150 Å². The fraction of sp³-hybridized carbons (Fsp3) is 0.794. The molecule has 0 radical (unpaired) electrons. The molecular weight excluding hydrogens is 1090 g/mol. The Balaban J connectivity index is 4.32. The van der Waals surface area contributed by atoms with Crippen LogP contribution < -0.4 is 21.3 Å². The Hall–Kier alpha value is -6.09. The van der Waals surface area contributed by atoms with Crippen molar-refractivity contribution in [1.29, 1.82) is 0 Å². The minimum Gasteiger partial charge on any atom is -0.343 e. The van der Waals surface area contributed by atoms with E-state index in [1.54, 1.807) is 34.6 Å². The molecule has 0 spiro atoms. The highest BCUT2D eigenvalue weighted by molar-refractivity contribution is 5.99. The number of carbonyl (C=O) groups is 11. The predicted molar refractivity (Wildman–Crippen MR) is 332 cm³/mol. The van der Waals surface area contributed by atoms with Crippen molar-refractivity contribution in [3.05, 3.63) is 12.2 Å². The minimum atomic E-state index is -1.21. The van der Waals surface area contributed by atoms with E-state index in [0.717, 1.165) is 0 Å². The molecule has 0 aromatic rings. The summed E-state index contributed by atoms with van der Waals surface area (Å²) >= 11 is 0. The lowest BCUT2D eigenvalue weighted by molar-refractivity contribution is -0.156. The molecule has 1 aliphatic heterocycles. The van der Waals surface area contributed by atoms with E-state index in [0.29, 0.717) is 6.42 Å². The quantitative estimate of drug-likeness (QED) is 0.166. The Kier molecular flexibility index (Phi) is 31.6. The normalized spacial score (nSPS) is 26.9. The molecule has 1 rings (SSSR count).